The van der Waals surface area contributed by atoms with Gasteiger partial charge in [0.15, 0.2) is 0 Å². The smallest absolute Gasteiger partial charge is 0.140 e. The van der Waals surface area contributed by atoms with Crippen LogP contribution in [0.15, 0.2) is 0 Å². The zero-order valence-electron chi connectivity index (χ0n) is 6.88. The summed E-state index contributed by atoms with van der Waals surface area (Å²) in [6.07, 6.45) is 7.16. The van der Waals surface area contributed by atoms with Crippen molar-refractivity contribution in [2.24, 2.45) is 0 Å². The summed E-state index contributed by atoms with van der Waals surface area (Å²) in [7, 11) is 0. The SMILES string of the molecule is O=CC12CCCCN1CCC2. The molecule has 0 N–H and O–H groups in total. The van der Waals surface area contributed by atoms with Crippen molar-refractivity contribution < 1.29 is 4.79 Å². The van der Waals surface area contributed by atoms with E-state index < -0.39 is 0 Å². The van der Waals surface area contributed by atoms with E-state index in [9.17, 15) is 4.79 Å². The zero-order chi connectivity index (χ0) is 7.73. The molecule has 2 aliphatic rings. The van der Waals surface area contributed by atoms with Gasteiger partial charge in [0.2, 0.25) is 0 Å². The minimum Gasteiger partial charge on any atom is -0.301 e. The molecule has 0 aliphatic carbocycles. The molecule has 0 spiro atoms. The van der Waals surface area contributed by atoms with Gasteiger partial charge in [-0.1, -0.05) is 0 Å². The summed E-state index contributed by atoms with van der Waals surface area (Å²) in [5.41, 5.74) is -0.0156. The highest BCUT2D eigenvalue weighted by Crippen LogP contribution is 2.35. The van der Waals surface area contributed by atoms with Crippen LogP contribution in [0.2, 0.25) is 0 Å². The topological polar surface area (TPSA) is 20.3 Å². The van der Waals surface area contributed by atoms with Gasteiger partial charge < -0.3 is 4.79 Å². The van der Waals surface area contributed by atoms with Gasteiger partial charge in [-0.15, -0.1) is 0 Å². The Kier molecular flexibility index (Phi) is 1.72. The molecule has 1 unspecified atom stereocenters. The van der Waals surface area contributed by atoms with E-state index in [0.717, 1.165) is 25.9 Å². The molecule has 62 valence electrons. The van der Waals surface area contributed by atoms with Crippen molar-refractivity contribution in [3.05, 3.63) is 0 Å². The summed E-state index contributed by atoms with van der Waals surface area (Å²) >= 11 is 0. The molecule has 11 heavy (non-hydrogen) atoms. The standard InChI is InChI=1S/C9H15NO/c11-8-9-4-1-2-6-10(9)7-3-5-9/h8H,1-7H2. The number of nitrogens with zero attached hydrogens (tertiary/aromatic N) is 1. The highest BCUT2D eigenvalue weighted by Gasteiger charge is 2.41. The van der Waals surface area contributed by atoms with Gasteiger partial charge >= 0.3 is 0 Å². The van der Waals surface area contributed by atoms with Crippen LogP contribution in [-0.4, -0.2) is 29.8 Å². The molecule has 1 atom stereocenters. The molecule has 2 heterocycles. The van der Waals surface area contributed by atoms with E-state index in [4.69, 9.17) is 0 Å². The Hall–Kier alpha value is -0.370. The molecule has 0 radical (unpaired) electrons. The van der Waals surface area contributed by atoms with Gasteiger partial charge in [0, 0.05) is 0 Å². The van der Waals surface area contributed by atoms with Crippen LogP contribution in [0, 0.1) is 0 Å². The maximum atomic E-state index is 10.9. The van der Waals surface area contributed by atoms with Gasteiger partial charge in [0.05, 0.1) is 5.54 Å². The third kappa shape index (κ3) is 1.00. The molecule has 0 aromatic rings. The summed E-state index contributed by atoms with van der Waals surface area (Å²) in [6, 6.07) is 0. The first-order chi connectivity index (χ1) is 5.37. The summed E-state index contributed by atoms with van der Waals surface area (Å²) < 4.78 is 0. The molecule has 0 aromatic carbocycles. The number of hydrogen-bond donors (Lipinski definition) is 0. The van der Waals surface area contributed by atoms with Crippen LogP contribution in [0.1, 0.15) is 32.1 Å². The fourth-order valence-corrected chi connectivity index (χ4v) is 2.50. The molecular formula is C9H15NO. The zero-order valence-corrected chi connectivity index (χ0v) is 6.88. The Labute approximate surface area is 67.6 Å². The minimum atomic E-state index is -0.0156. The van der Waals surface area contributed by atoms with E-state index in [-0.39, 0.29) is 5.54 Å². The summed E-state index contributed by atoms with van der Waals surface area (Å²) in [5, 5.41) is 0. The van der Waals surface area contributed by atoms with Gasteiger partial charge in [-0.25, -0.2) is 0 Å². The lowest BCUT2D eigenvalue weighted by atomic mass is 9.88. The third-order valence-corrected chi connectivity index (χ3v) is 3.17. The number of piperidine rings is 1. The van der Waals surface area contributed by atoms with E-state index in [0.29, 0.717) is 0 Å². The number of carbonyl (C=O) groups is 1. The minimum absolute atomic E-state index is 0.0156. The Morgan fingerprint density at radius 3 is 2.55 bits per heavy atom. The second-order valence-corrected chi connectivity index (χ2v) is 3.77. The Morgan fingerprint density at radius 1 is 1.09 bits per heavy atom. The monoisotopic (exact) mass is 153 g/mol. The lowest BCUT2D eigenvalue weighted by Crippen LogP contribution is -2.48. The molecule has 2 aliphatic heterocycles. The summed E-state index contributed by atoms with van der Waals surface area (Å²) in [4.78, 5) is 13.3. The molecule has 0 saturated carbocycles. The third-order valence-electron chi connectivity index (χ3n) is 3.17. The highest BCUT2D eigenvalue weighted by atomic mass is 16.1. The van der Waals surface area contributed by atoms with Gasteiger partial charge in [0.1, 0.15) is 6.29 Å². The normalized spacial score (nSPS) is 38.5. The second kappa shape index (κ2) is 2.59. The molecule has 0 aromatic heterocycles. The van der Waals surface area contributed by atoms with Crippen molar-refractivity contribution in [3.8, 4) is 0 Å². The average Bonchev–Trinajstić information content (AvgIpc) is 2.48. The molecule has 2 rings (SSSR count). The number of aldehydes is 1. The van der Waals surface area contributed by atoms with Crippen LogP contribution in [0.4, 0.5) is 0 Å². The molecule has 2 fully saturated rings. The maximum Gasteiger partial charge on any atom is 0.140 e. The molecule has 2 heteroatoms. The lowest BCUT2D eigenvalue weighted by Gasteiger charge is -2.37. The van der Waals surface area contributed by atoms with E-state index in [1.165, 1.54) is 25.5 Å². The van der Waals surface area contributed by atoms with Crippen LogP contribution in [-0.2, 0) is 4.79 Å². The first-order valence-electron chi connectivity index (χ1n) is 4.59. The van der Waals surface area contributed by atoms with Crippen molar-refractivity contribution in [2.75, 3.05) is 13.1 Å². The number of rotatable bonds is 1. The number of hydrogen-bond acceptors (Lipinski definition) is 2. The second-order valence-electron chi connectivity index (χ2n) is 3.77. The predicted molar refractivity (Wildman–Crippen MR) is 43.5 cm³/mol. The van der Waals surface area contributed by atoms with Crippen LogP contribution < -0.4 is 0 Å². The summed E-state index contributed by atoms with van der Waals surface area (Å²) in [5.74, 6) is 0. The van der Waals surface area contributed by atoms with E-state index in [2.05, 4.69) is 4.90 Å². The van der Waals surface area contributed by atoms with Gasteiger partial charge in [-0.3, -0.25) is 4.90 Å². The van der Waals surface area contributed by atoms with Crippen molar-refractivity contribution in [3.63, 3.8) is 0 Å². The fraction of sp³-hybridized carbons (Fsp3) is 0.889. The Bertz CT molecular complexity index is 169. The largest absolute Gasteiger partial charge is 0.301 e. The van der Waals surface area contributed by atoms with Gasteiger partial charge in [-0.2, -0.15) is 0 Å². The van der Waals surface area contributed by atoms with Crippen molar-refractivity contribution in [1.82, 2.24) is 4.90 Å². The van der Waals surface area contributed by atoms with Gasteiger partial charge in [0.25, 0.3) is 0 Å². The quantitative estimate of drug-likeness (QED) is 0.528. The van der Waals surface area contributed by atoms with Gasteiger partial charge in [-0.05, 0) is 45.2 Å². The highest BCUT2D eigenvalue weighted by molar-refractivity contribution is 5.65. The van der Waals surface area contributed by atoms with Crippen LogP contribution in [0.3, 0.4) is 0 Å². The number of fused-ring (bicyclic) bond motifs is 1. The molecule has 2 nitrogen and oxygen atoms in total. The predicted octanol–water partition coefficient (Wildman–Crippen LogP) is 1.20. The van der Waals surface area contributed by atoms with Crippen LogP contribution in [0.5, 0.6) is 0 Å². The van der Waals surface area contributed by atoms with Crippen LogP contribution >= 0.6 is 0 Å². The molecule has 2 saturated heterocycles. The first kappa shape index (κ1) is 7.29. The molecule has 0 bridgehead atoms. The summed E-state index contributed by atoms with van der Waals surface area (Å²) in [6.45, 7) is 2.30. The van der Waals surface area contributed by atoms with Crippen LogP contribution in [0.25, 0.3) is 0 Å². The Morgan fingerprint density at radius 2 is 1.82 bits per heavy atom. The maximum absolute atomic E-state index is 10.9. The van der Waals surface area contributed by atoms with Crippen molar-refractivity contribution in [2.45, 2.75) is 37.6 Å². The fourth-order valence-electron chi connectivity index (χ4n) is 2.50. The molecule has 0 amide bonds. The van der Waals surface area contributed by atoms with Crippen molar-refractivity contribution in [1.29, 1.82) is 0 Å². The number of carbonyl (C=O) groups excluding carboxylic acids is 1. The average molecular weight is 153 g/mol. The van der Waals surface area contributed by atoms with Crippen molar-refractivity contribution >= 4 is 6.29 Å². The van der Waals surface area contributed by atoms with E-state index >= 15 is 0 Å². The Balaban J connectivity index is 2.18. The first-order valence-corrected chi connectivity index (χ1v) is 4.59. The van der Waals surface area contributed by atoms with E-state index in [1.54, 1.807) is 0 Å². The lowest BCUT2D eigenvalue weighted by molar-refractivity contribution is -0.118. The molecular weight excluding hydrogens is 138 g/mol. The van der Waals surface area contributed by atoms with E-state index in [1.807, 2.05) is 0 Å².